The van der Waals surface area contributed by atoms with Crippen LogP contribution in [0.3, 0.4) is 0 Å². The molecule has 0 spiro atoms. The molecule has 3 atom stereocenters. The fourth-order valence-electron chi connectivity index (χ4n) is 4.03. The summed E-state index contributed by atoms with van der Waals surface area (Å²) in [5, 5.41) is 0. The second kappa shape index (κ2) is 6.15. The molecular formula is C17H24IN3. The lowest BCUT2D eigenvalue weighted by Crippen LogP contribution is -2.38. The molecular weight excluding hydrogens is 373 g/mol. The molecule has 3 unspecified atom stereocenters. The normalized spacial score (nSPS) is 31.0. The Kier molecular flexibility index (Phi) is 4.43. The Labute approximate surface area is 144 Å². The molecule has 0 aromatic heterocycles. The summed E-state index contributed by atoms with van der Waals surface area (Å²) >= 11 is 0. The number of likely N-dealkylation sites (tertiary alicyclic amines) is 1. The second-order valence-corrected chi connectivity index (χ2v) is 6.47. The van der Waals surface area contributed by atoms with Crippen LogP contribution in [0.15, 0.2) is 29.3 Å². The highest BCUT2D eigenvalue weighted by molar-refractivity contribution is 14.0. The van der Waals surface area contributed by atoms with Crippen molar-refractivity contribution in [2.45, 2.75) is 44.1 Å². The van der Waals surface area contributed by atoms with Gasteiger partial charge in [0.15, 0.2) is 5.96 Å². The van der Waals surface area contributed by atoms with E-state index in [9.17, 15) is 0 Å². The number of benzene rings is 1. The van der Waals surface area contributed by atoms with Crippen molar-refractivity contribution in [2.75, 3.05) is 13.1 Å². The molecule has 1 heterocycles. The standard InChI is InChI=1S/C17H23N3.HI/c18-17(20-9-5-1-2-6-10-20)19-16-14-11-12-7-3-4-8-13(12)15(14)16;/h3-4,7-8,14-16H,1-2,5-6,9-11H2,(H2,18,19);1H. The topological polar surface area (TPSA) is 41.6 Å². The molecule has 0 bridgehead atoms. The largest absolute Gasteiger partial charge is 0.370 e. The predicted octanol–water partition coefficient (Wildman–Crippen LogP) is 3.13. The zero-order valence-electron chi connectivity index (χ0n) is 12.4. The molecule has 1 aromatic rings. The Morgan fingerprint density at radius 2 is 1.81 bits per heavy atom. The van der Waals surface area contributed by atoms with Gasteiger partial charge in [-0.3, -0.25) is 0 Å². The molecule has 21 heavy (non-hydrogen) atoms. The van der Waals surface area contributed by atoms with Gasteiger partial charge in [0, 0.05) is 19.0 Å². The lowest BCUT2D eigenvalue weighted by Gasteiger charge is -2.21. The van der Waals surface area contributed by atoms with Crippen molar-refractivity contribution in [3.05, 3.63) is 35.4 Å². The van der Waals surface area contributed by atoms with Crippen LogP contribution in [0, 0.1) is 5.92 Å². The first-order valence-electron chi connectivity index (χ1n) is 8.00. The lowest BCUT2D eigenvalue weighted by molar-refractivity contribution is 0.427. The van der Waals surface area contributed by atoms with E-state index in [1.807, 2.05) is 0 Å². The molecule has 1 aromatic carbocycles. The number of halogens is 1. The Balaban J connectivity index is 0.00000132. The zero-order valence-corrected chi connectivity index (χ0v) is 14.7. The zero-order chi connectivity index (χ0) is 13.5. The number of nitrogens with zero attached hydrogens (tertiary/aromatic N) is 2. The van der Waals surface area contributed by atoms with Gasteiger partial charge in [0.2, 0.25) is 0 Å². The van der Waals surface area contributed by atoms with E-state index < -0.39 is 0 Å². The van der Waals surface area contributed by atoms with E-state index in [2.05, 4.69) is 29.2 Å². The van der Waals surface area contributed by atoms with Crippen LogP contribution in [0.4, 0.5) is 0 Å². The van der Waals surface area contributed by atoms with E-state index >= 15 is 0 Å². The first-order valence-corrected chi connectivity index (χ1v) is 8.00. The maximum Gasteiger partial charge on any atom is 0.191 e. The fraction of sp³-hybridized carbons (Fsp3) is 0.588. The molecule has 1 saturated heterocycles. The number of aliphatic imine (C=N–C) groups is 1. The van der Waals surface area contributed by atoms with E-state index in [1.54, 1.807) is 0 Å². The van der Waals surface area contributed by atoms with Crippen molar-refractivity contribution in [2.24, 2.45) is 16.6 Å². The molecule has 1 saturated carbocycles. The van der Waals surface area contributed by atoms with Gasteiger partial charge in [-0.05, 0) is 36.3 Å². The monoisotopic (exact) mass is 397 g/mol. The van der Waals surface area contributed by atoms with E-state index in [0.29, 0.717) is 12.0 Å². The van der Waals surface area contributed by atoms with E-state index in [-0.39, 0.29) is 24.0 Å². The van der Waals surface area contributed by atoms with Crippen LogP contribution in [-0.2, 0) is 6.42 Å². The SMILES string of the molecule is I.NC(=NC1C2Cc3ccccc3C21)N1CCCCCC1. The molecule has 3 nitrogen and oxygen atoms in total. The first kappa shape index (κ1) is 15.1. The minimum absolute atomic E-state index is 0. The average molecular weight is 397 g/mol. The minimum Gasteiger partial charge on any atom is -0.370 e. The number of nitrogens with two attached hydrogens (primary N) is 1. The molecule has 3 aliphatic rings. The molecule has 4 heteroatoms. The van der Waals surface area contributed by atoms with Crippen LogP contribution in [0.1, 0.15) is 42.7 Å². The molecule has 2 fully saturated rings. The average Bonchev–Trinajstić information content (AvgIpc) is 3.09. The maximum absolute atomic E-state index is 6.26. The van der Waals surface area contributed by atoms with Crippen molar-refractivity contribution in [1.82, 2.24) is 4.90 Å². The van der Waals surface area contributed by atoms with Crippen molar-refractivity contribution in [3.8, 4) is 0 Å². The summed E-state index contributed by atoms with van der Waals surface area (Å²) in [5.74, 6) is 2.17. The lowest BCUT2D eigenvalue weighted by atomic mass is 10.1. The highest BCUT2D eigenvalue weighted by Gasteiger charge is 2.56. The molecule has 0 amide bonds. The highest BCUT2D eigenvalue weighted by atomic mass is 127. The molecule has 4 rings (SSSR count). The quantitative estimate of drug-likeness (QED) is 0.450. The summed E-state index contributed by atoms with van der Waals surface area (Å²) in [6.07, 6.45) is 6.40. The Morgan fingerprint density at radius 1 is 1.10 bits per heavy atom. The highest BCUT2D eigenvalue weighted by Crippen LogP contribution is 2.58. The van der Waals surface area contributed by atoms with Crippen molar-refractivity contribution in [1.29, 1.82) is 0 Å². The summed E-state index contributed by atoms with van der Waals surface area (Å²) in [5.41, 5.74) is 9.31. The predicted molar refractivity (Wildman–Crippen MR) is 97.2 cm³/mol. The van der Waals surface area contributed by atoms with Crippen molar-refractivity contribution in [3.63, 3.8) is 0 Å². The maximum atomic E-state index is 6.26. The first-order chi connectivity index (χ1) is 9.84. The molecule has 2 N–H and O–H groups in total. The van der Waals surface area contributed by atoms with Crippen LogP contribution in [0.25, 0.3) is 0 Å². The number of guanidine groups is 1. The molecule has 1 aliphatic heterocycles. The number of hydrogen-bond donors (Lipinski definition) is 1. The van der Waals surface area contributed by atoms with Gasteiger partial charge >= 0.3 is 0 Å². The van der Waals surface area contributed by atoms with E-state index in [1.165, 1.54) is 43.2 Å². The van der Waals surface area contributed by atoms with Gasteiger partial charge in [0.1, 0.15) is 0 Å². The minimum atomic E-state index is 0. The Bertz CT molecular complexity index is 535. The third-order valence-corrected chi connectivity index (χ3v) is 5.21. The number of hydrogen-bond acceptors (Lipinski definition) is 1. The van der Waals surface area contributed by atoms with Crippen LogP contribution < -0.4 is 5.73 Å². The summed E-state index contributed by atoms with van der Waals surface area (Å²) in [6.45, 7) is 2.18. The van der Waals surface area contributed by atoms with Gasteiger partial charge in [0.05, 0.1) is 6.04 Å². The van der Waals surface area contributed by atoms with Gasteiger partial charge in [0.25, 0.3) is 0 Å². The van der Waals surface area contributed by atoms with Crippen LogP contribution >= 0.6 is 24.0 Å². The van der Waals surface area contributed by atoms with Gasteiger partial charge < -0.3 is 10.6 Å². The van der Waals surface area contributed by atoms with Gasteiger partial charge in [-0.15, -0.1) is 24.0 Å². The second-order valence-electron chi connectivity index (χ2n) is 6.47. The Hall–Kier alpha value is -0.780. The third-order valence-electron chi connectivity index (χ3n) is 5.21. The smallest absolute Gasteiger partial charge is 0.191 e. The summed E-state index contributed by atoms with van der Waals surface area (Å²) in [6, 6.07) is 9.29. The summed E-state index contributed by atoms with van der Waals surface area (Å²) in [7, 11) is 0. The van der Waals surface area contributed by atoms with Gasteiger partial charge in [-0.1, -0.05) is 37.1 Å². The van der Waals surface area contributed by atoms with E-state index in [0.717, 1.165) is 25.0 Å². The molecule has 0 radical (unpaired) electrons. The third kappa shape index (κ3) is 2.79. The van der Waals surface area contributed by atoms with Crippen LogP contribution in [0.5, 0.6) is 0 Å². The molecule has 114 valence electrons. The van der Waals surface area contributed by atoms with Crippen molar-refractivity contribution >= 4 is 29.9 Å². The van der Waals surface area contributed by atoms with Crippen LogP contribution in [0.2, 0.25) is 0 Å². The van der Waals surface area contributed by atoms with E-state index in [4.69, 9.17) is 10.7 Å². The van der Waals surface area contributed by atoms with Gasteiger partial charge in [-0.2, -0.15) is 0 Å². The fourth-order valence-corrected chi connectivity index (χ4v) is 4.03. The Morgan fingerprint density at radius 3 is 2.57 bits per heavy atom. The van der Waals surface area contributed by atoms with Crippen molar-refractivity contribution < 1.29 is 0 Å². The summed E-state index contributed by atoms with van der Waals surface area (Å²) < 4.78 is 0. The molecule has 2 aliphatic carbocycles. The number of rotatable bonds is 1. The van der Waals surface area contributed by atoms with Gasteiger partial charge in [-0.25, -0.2) is 4.99 Å². The summed E-state index contributed by atoms with van der Waals surface area (Å²) in [4.78, 5) is 7.16. The van der Waals surface area contributed by atoms with Crippen LogP contribution in [-0.4, -0.2) is 30.0 Å². The number of fused-ring (bicyclic) bond motifs is 3.